The molecule has 4 rings (SSSR count). The highest BCUT2D eigenvalue weighted by Crippen LogP contribution is 2.43. The van der Waals surface area contributed by atoms with Crippen LogP contribution in [0.5, 0.6) is 0 Å². The number of anilines is 1. The molecule has 1 atom stereocenters. The Morgan fingerprint density at radius 3 is 2.12 bits per heavy atom. The van der Waals surface area contributed by atoms with Crippen molar-refractivity contribution in [3.8, 4) is 0 Å². The van der Waals surface area contributed by atoms with E-state index in [0.29, 0.717) is 11.1 Å². The molecule has 0 aromatic heterocycles. The molecule has 172 valence electrons. The number of ketones is 1. The maximum absolute atomic E-state index is 13.3. The zero-order chi connectivity index (χ0) is 24.7. The Morgan fingerprint density at radius 1 is 0.912 bits per heavy atom. The van der Waals surface area contributed by atoms with Crippen molar-refractivity contribution in [3.05, 3.63) is 104 Å². The Kier molecular flexibility index (Phi) is 6.15. The van der Waals surface area contributed by atoms with E-state index < -0.39 is 23.7 Å². The summed E-state index contributed by atoms with van der Waals surface area (Å²) in [5.41, 5.74) is 3.89. The zero-order valence-electron chi connectivity index (χ0n) is 18.8. The number of halogens is 1. The van der Waals surface area contributed by atoms with E-state index in [2.05, 4.69) is 15.9 Å². The summed E-state index contributed by atoms with van der Waals surface area (Å²) in [5.74, 6) is -3.06. The Labute approximate surface area is 205 Å². The number of rotatable bonds is 4. The molecule has 1 unspecified atom stereocenters. The van der Waals surface area contributed by atoms with Crippen molar-refractivity contribution in [2.45, 2.75) is 26.8 Å². The minimum absolute atomic E-state index is 0.0146. The van der Waals surface area contributed by atoms with Gasteiger partial charge < -0.3 is 10.2 Å². The van der Waals surface area contributed by atoms with Crippen molar-refractivity contribution >= 4 is 45.0 Å². The normalized spacial score (nSPS) is 17.3. The first-order chi connectivity index (χ1) is 16.1. The topological polar surface area (TPSA) is 94.9 Å². The van der Waals surface area contributed by atoms with Crippen LogP contribution in [0.2, 0.25) is 0 Å². The van der Waals surface area contributed by atoms with Crippen molar-refractivity contribution in [2.75, 3.05) is 4.90 Å². The zero-order valence-corrected chi connectivity index (χ0v) is 20.4. The van der Waals surface area contributed by atoms with Crippen molar-refractivity contribution in [2.24, 2.45) is 0 Å². The van der Waals surface area contributed by atoms with Gasteiger partial charge in [-0.25, -0.2) is 4.79 Å². The average molecular weight is 520 g/mol. The largest absolute Gasteiger partial charge is 0.507 e. The predicted octanol–water partition coefficient (Wildman–Crippen LogP) is 5.70. The first-order valence-corrected chi connectivity index (χ1v) is 11.4. The summed E-state index contributed by atoms with van der Waals surface area (Å²) in [6.45, 7) is 5.63. The SMILES string of the molecule is Cc1cc(C)c(/C(O)=C2\C(=O)C(=O)N(c3cccc(C(=O)O)c3)C2c2ccc(Br)cc2)c(C)c1. The van der Waals surface area contributed by atoms with Crippen LogP contribution < -0.4 is 4.90 Å². The number of benzene rings is 3. The van der Waals surface area contributed by atoms with E-state index in [-0.39, 0.29) is 22.6 Å². The first kappa shape index (κ1) is 23.4. The molecule has 1 aliphatic heterocycles. The van der Waals surface area contributed by atoms with Gasteiger partial charge in [0.25, 0.3) is 11.7 Å². The third kappa shape index (κ3) is 4.03. The Balaban J connectivity index is 2.00. The number of carbonyl (C=O) groups excluding carboxylic acids is 2. The lowest BCUT2D eigenvalue weighted by molar-refractivity contribution is -0.132. The first-order valence-electron chi connectivity index (χ1n) is 10.6. The summed E-state index contributed by atoms with van der Waals surface area (Å²) >= 11 is 3.40. The number of carboxylic acids is 1. The van der Waals surface area contributed by atoms with E-state index in [4.69, 9.17) is 0 Å². The second-order valence-electron chi connectivity index (χ2n) is 8.35. The van der Waals surface area contributed by atoms with E-state index in [1.165, 1.54) is 23.1 Å². The van der Waals surface area contributed by atoms with Crippen LogP contribution in [0.1, 0.15) is 44.2 Å². The van der Waals surface area contributed by atoms with Crippen LogP contribution in [0.25, 0.3) is 5.76 Å². The van der Waals surface area contributed by atoms with E-state index in [1.807, 2.05) is 32.9 Å². The summed E-state index contributed by atoms with van der Waals surface area (Å²) in [6, 6.07) is 15.8. The van der Waals surface area contributed by atoms with Crippen LogP contribution in [-0.2, 0) is 9.59 Å². The van der Waals surface area contributed by atoms with Gasteiger partial charge in [0, 0.05) is 15.7 Å². The lowest BCUT2D eigenvalue weighted by atomic mass is 9.91. The molecule has 0 saturated carbocycles. The summed E-state index contributed by atoms with van der Waals surface area (Å²) in [7, 11) is 0. The van der Waals surface area contributed by atoms with Crippen LogP contribution in [0, 0.1) is 20.8 Å². The van der Waals surface area contributed by atoms with Gasteiger partial charge in [-0.15, -0.1) is 0 Å². The second kappa shape index (κ2) is 8.91. The molecule has 0 bridgehead atoms. The number of carbonyl (C=O) groups is 3. The number of aliphatic hydroxyl groups is 1. The minimum Gasteiger partial charge on any atom is -0.507 e. The maximum atomic E-state index is 13.3. The highest BCUT2D eigenvalue weighted by Gasteiger charge is 2.47. The number of aromatic carboxylic acids is 1. The predicted molar refractivity (Wildman–Crippen MR) is 133 cm³/mol. The van der Waals surface area contributed by atoms with E-state index in [1.54, 1.807) is 30.3 Å². The molecule has 1 heterocycles. The molecular weight excluding hydrogens is 498 g/mol. The van der Waals surface area contributed by atoms with Crippen molar-refractivity contribution in [1.29, 1.82) is 0 Å². The lowest BCUT2D eigenvalue weighted by Crippen LogP contribution is -2.29. The summed E-state index contributed by atoms with van der Waals surface area (Å²) in [4.78, 5) is 39.4. The molecule has 0 radical (unpaired) electrons. The van der Waals surface area contributed by atoms with Crippen molar-refractivity contribution in [1.82, 2.24) is 0 Å². The molecule has 2 N–H and O–H groups in total. The van der Waals surface area contributed by atoms with Crippen LogP contribution in [0.15, 0.2) is 70.7 Å². The third-order valence-corrected chi connectivity index (χ3v) is 6.44. The minimum atomic E-state index is -1.15. The Bertz CT molecular complexity index is 1350. The van der Waals surface area contributed by atoms with E-state index >= 15 is 0 Å². The highest BCUT2D eigenvalue weighted by atomic mass is 79.9. The number of aryl methyl sites for hydroxylation is 3. The van der Waals surface area contributed by atoms with Crippen molar-refractivity contribution in [3.63, 3.8) is 0 Å². The molecule has 1 saturated heterocycles. The fourth-order valence-corrected chi connectivity index (χ4v) is 4.80. The molecule has 0 spiro atoms. The van der Waals surface area contributed by atoms with Gasteiger partial charge in [-0.1, -0.05) is 51.8 Å². The summed E-state index contributed by atoms with van der Waals surface area (Å²) in [5, 5.41) is 20.9. The second-order valence-corrected chi connectivity index (χ2v) is 9.27. The molecule has 1 fully saturated rings. The van der Waals surface area contributed by atoms with Gasteiger partial charge in [0.1, 0.15) is 5.76 Å². The number of aliphatic hydroxyl groups excluding tert-OH is 1. The van der Waals surface area contributed by atoms with E-state index in [9.17, 15) is 24.6 Å². The lowest BCUT2D eigenvalue weighted by Gasteiger charge is -2.26. The Morgan fingerprint density at radius 2 is 1.53 bits per heavy atom. The van der Waals surface area contributed by atoms with Gasteiger partial charge in [-0.3, -0.25) is 14.5 Å². The van der Waals surface area contributed by atoms with Gasteiger partial charge in [0.2, 0.25) is 0 Å². The molecule has 3 aromatic rings. The number of nitrogens with zero attached hydrogens (tertiary/aromatic N) is 1. The number of hydrogen-bond donors (Lipinski definition) is 2. The molecular formula is C27H22BrNO5. The quantitative estimate of drug-likeness (QED) is 0.262. The van der Waals surface area contributed by atoms with Gasteiger partial charge in [0.05, 0.1) is 17.2 Å². The molecule has 1 amide bonds. The summed E-state index contributed by atoms with van der Waals surface area (Å²) in [6.07, 6.45) is 0. The van der Waals surface area contributed by atoms with E-state index in [0.717, 1.165) is 21.2 Å². The standard InChI is InChI=1S/C27H22BrNO5/c1-14-11-15(2)21(16(3)12-14)24(30)22-23(17-7-9-19(28)10-8-17)29(26(32)25(22)31)20-6-4-5-18(13-20)27(33)34/h4-13,23,30H,1-3H3,(H,33,34)/b24-22+. The highest BCUT2D eigenvalue weighted by molar-refractivity contribution is 9.10. The molecule has 3 aromatic carbocycles. The van der Waals surface area contributed by atoms with Crippen molar-refractivity contribution < 1.29 is 24.6 Å². The number of carboxylic acid groups (broad SMARTS) is 1. The van der Waals surface area contributed by atoms with Gasteiger partial charge in [0.15, 0.2) is 0 Å². The molecule has 7 heteroatoms. The molecule has 1 aliphatic rings. The fraction of sp³-hybridized carbons (Fsp3) is 0.148. The van der Waals surface area contributed by atoms with Crippen LogP contribution in [0.4, 0.5) is 5.69 Å². The molecule has 0 aliphatic carbocycles. The smallest absolute Gasteiger partial charge is 0.335 e. The average Bonchev–Trinajstić information content (AvgIpc) is 3.04. The molecule has 6 nitrogen and oxygen atoms in total. The molecule has 34 heavy (non-hydrogen) atoms. The number of hydrogen-bond acceptors (Lipinski definition) is 4. The van der Waals surface area contributed by atoms with Gasteiger partial charge in [-0.05, 0) is 67.8 Å². The summed E-state index contributed by atoms with van der Waals surface area (Å²) < 4.78 is 0.811. The van der Waals surface area contributed by atoms with Gasteiger partial charge in [-0.2, -0.15) is 0 Å². The van der Waals surface area contributed by atoms with Crippen LogP contribution in [-0.4, -0.2) is 27.9 Å². The van der Waals surface area contributed by atoms with Gasteiger partial charge >= 0.3 is 5.97 Å². The van der Waals surface area contributed by atoms with Crippen LogP contribution >= 0.6 is 15.9 Å². The van der Waals surface area contributed by atoms with Crippen LogP contribution in [0.3, 0.4) is 0 Å². The third-order valence-electron chi connectivity index (χ3n) is 5.92. The fourth-order valence-electron chi connectivity index (χ4n) is 4.54. The maximum Gasteiger partial charge on any atom is 0.335 e. The Hall–Kier alpha value is -3.71. The number of amides is 1. The monoisotopic (exact) mass is 519 g/mol. The number of Topliss-reactive ketones (excluding diaryl/α,β-unsaturated/α-hetero) is 1.